The fourth-order valence-electron chi connectivity index (χ4n) is 3.77. The molecule has 1 heterocycles. The monoisotopic (exact) mass is 489 g/mol. The van der Waals surface area contributed by atoms with E-state index in [0.717, 1.165) is 31.2 Å². The van der Waals surface area contributed by atoms with Gasteiger partial charge in [-0.2, -0.15) is 5.09 Å². The van der Waals surface area contributed by atoms with Crippen molar-refractivity contribution in [3.63, 3.8) is 0 Å². The average molecular weight is 490 g/mol. The van der Waals surface area contributed by atoms with Gasteiger partial charge in [-0.3, -0.25) is 9.32 Å². The van der Waals surface area contributed by atoms with Crippen LogP contribution in [0.25, 0.3) is 0 Å². The summed E-state index contributed by atoms with van der Waals surface area (Å²) >= 11 is 0. The van der Waals surface area contributed by atoms with Gasteiger partial charge in [0, 0.05) is 0 Å². The van der Waals surface area contributed by atoms with E-state index >= 15 is 0 Å². The number of esters is 1. The van der Waals surface area contributed by atoms with Crippen molar-refractivity contribution in [2.24, 2.45) is 5.92 Å². The van der Waals surface area contributed by atoms with E-state index in [4.69, 9.17) is 18.5 Å². The molecule has 2 aromatic rings. The van der Waals surface area contributed by atoms with Crippen LogP contribution >= 0.6 is 7.75 Å². The van der Waals surface area contributed by atoms with E-state index < -0.39 is 19.8 Å². The molecular weight excluding hydrogens is 453 g/mol. The van der Waals surface area contributed by atoms with Crippen LogP contribution in [-0.2, 0) is 23.4 Å². The van der Waals surface area contributed by atoms with Crippen molar-refractivity contribution in [2.45, 2.75) is 64.7 Å². The first kappa shape index (κ1) is 26.4. The minimum absolute atomic E-state index is 0.0174. The SMILES string of the molecule is CCC(CC)COC(=O)[C@H](C)N[P@](=O)(OCC1CC[C@H](c2ccccc2)O1)Oc1ccccc1. The smallest absolute Gasteiger partial charge is 0.459 e. The van der Waals surface area contributed by atoms with Gasteiger partial charge in [0.05, 0.1) is 25.4 Å². The van der Waals surface area contributed by atoms with Gasteiger partial charge in [0.15, 0.2) is 0 Å². The fraction of sp³-hybridized carbons (Fsp3) is 0.500. The van der Waals surface area contributed by atoms with Crippen LogP contribution in [0, 0.1) is 5.92 Å². The molecule has 1 unspecified atom stereocenters. The van der Waals surface area contributed by atoms with Crippen LogP contribution in [0.3, 0.4) is 0 Å². The van der Waals surface area contributed by atoms with Crippen molar-refractivity contribution >= 4 is 13.7 Å². The lowest BCUT2D eigenvalue weighted by Crippen LogP contribution is -2.36. The molecule has 1 aliphatic rings. The summed E-state index contributed by atoms with van der Waals surface area (Å²) in [5, 5.41) is 2.75. The van der Waals surface area contributed by atoms with Gasteiger partial charge in [-0.1, -0.05) is 75.2 Å². The molecule has 3 rings (SSSR count). The van der Waals surface area contributed by atoms with Crippen molar-refractivity contribution in [1.29, 1.82) is 0 Å². The summed E-state index contributed by atoms with van der Waals surface area (Å²) in [4.78, 5) is 12.5. The quantitative estimate of drug-likeness (QED) is 0.270. The van der Waals surface area contributed by atoms with E-state index in [-0.39, 0.29) is 18.8 Å². The zero-order valence-electron chi connectivity index (χ0n) is 20.2. The molecule has 0 aromatic heterocycles. The van der Waals surface area contributed by atoms with Gasteiger partial charge in [0.2, 0.25) is 0 Å². The summed E-state index contributed by atoms with van der Waals surface area (Å²) in [6.45, 7) is 6.13. The average Bonchev–Trinajstić information content (AvgIpc) is 3.34. The molecule has 1 fully saturated rings. The molecule has 1 N–H and O–H groups in total. The summed E-state index contributed by atoms with van der Waals surface area (Å²) in [5.41, 5.74) is 1.11. The topological polar surface area (TPSA) is 83.1 Å². The molecule has 1 saturated heterocycles. The van der Waals surface area contributed by atoms with E-state index in [2.05, 4.69) is 18.9 Å². The Balaban J connectivity index is 1.61. The molecule has 0 spiro atoms. The summed E-state index contributed by atoms with van der Waals surface area (Å²) in [5.74, 6) is 0.191. The van der Waals surface area contributed by atoms with Gasteiger partial charge in [0.25, 0.3) is 0 Å². The lowest BCUT2D eigenvalue weighted by Gasteiger charge is -2.24. The Morgan fingerprint density at radius 1 is 1.06 bits per heavy atom. The fourth-order valence-corrected chi connectivity index (χ4v) is 5.29. The van der Waals surface area contributed by atoms with Crippen LogP contribution in [0.4, 0.5) is 0 Å². The number of ether oxygens (including phenoxy) is 2. The third-order valence-corrected chi connectivity index (χ3v) is 7.64. The molecule has 186 valence electrons. The van der Waals surface area contributed by atoms with Gasteiger partial charge < -0.3 is 14.0 Å². The minimum atomic E-state index is -3.89. The molecular formula is C26H36NO6P. The van der Waals surface area contributed by atoms with Crippen molar-refractivity contribution < 1.29 is 27.9 Å². The Labute approximate surface area is 202 Å². The molecule has 0 aliphatic carbocycles. The standard InChI is InChI=1S/C26H36NO6P/c1-4-21(5-2)18-30-26(28)20(3)27-34(29,33-23-14-10-7-11-15-23)31-19-24-16-17-25(32-24)22-12-8-6-9-13-22/h6-15,20-21,24-25H,4-5,16-19H2,1-3H3,(H,27,29)/t20-,24?,25+,34-/m0/s1. The second-order valence-corrected chi connectivity index (χ2v) is 10.3. The highest BCUT2D eigenvalue weighted by atomic mass is 31.2. The highest BCUT2D eigenvalue weighted by molar-refractivity contribution is 7.52. The van der Waals surface area contributed by atoms with E-state index in [1.54, 1.807) is 31.2 Å². The first-order valence-corrected chi connectivity index (χ1v) is 13.6. The number of carbonyl (C=O) groups excluding carboxylic acids is 1. The first-order chi connectivity index (χ1) is 16.4. The summed E-state index contributed by atoms with van der Waals surface area (Å²) in [6, 6.07) is 17.9. The Morgan fingerprint density at radius 3 is 2.35 bits per heavy atom. The Kier molecular flexibility index (Phi) is 10.1. The lowest BCUT2D eigenvalue weighted by atomic mass is 10.1. The molecule has 0 saturated carbocycles. The molecule has 0 radical (unpaired) electrons. The zero-order chi connectivity index (χ0) is 24.4. The third-order valence-electron chi connectivity index (χ3n) is 6.00. The van der Waals surface area contributed by atoms with Gasteiger partial charge in [0.1, 0.15) is 11.8 Å². The Hall–Kier alpha value is -2.18. The largest absolute Gasteiger partial charge is 0.464 e. The van der Waals surface area contributed by atoms with Gasteiger partial charge in [-0.25, -0.2) is 4.57 Å². The Morgan fingerprint density at radius 2 is 1.71 bits per heavy atom. The number of hydrogen-bond donors (Lipinski definition) is 1. The molecule has 8 heteroatoms. The van der Waals surface area contributed by atoms with E-state index in [9.17, 15) is 9.36 Å². The molecule has 2 aromatic carbocycles. The molecule has 0 amide bonds. The van der Waals surface area contributed by atoms with E-state index in [1.807, 2.05) is 36.4 Å². The minimum Gasteiger partial charge on any atom is -0.464 e. The summed E-state index contributed by atoms with van der Waals surface area (Å²) < 4.78 is 36.7. The summed E-state index contributed by atoms with van der Waals surface area (Å²) in [6.07, 6.45) is 3.24. The van der Waals surface area contributed by atoms with Crippen molar-refractivity contribution in [1.82, 2.24) is 5.09 Å². The second kappa shape index (κ2) is 13.1. The summed E-state index contributed by atoms with van der Waals surface area (Å²) in [7, 11) is -3.89. The number of rotatable bonds is 13. The second-order valence-electron chi connectivity index (χ2n) is 8.60. The molecule has 1 aliphatic heterocycles. The number of para-hydroxylation sites is 1. The number of nitrogens with one attached hydrogen (secondary N) is 1. The zero-order valence-corrected chi connectivity index (χ0v) is 21.1. The van der Waals surface area contributed by atoms with Gasteiger partial charge in [-0.15, -0.1) is 0 Å². The number of carbonyl (C=O) groups is 1. The number of hydrogen-bond acceptors (Lipinski definition) is 6. The van der Waals surface area contributed by atoms with Gasteiger partial charge in [-0.05, 0) is 43.4 Å². The van der Waals surface area contributed by atoms with E-state index in [0.29, 0.717) is 18.3 Å². The highest BCUT2D eigenvalue weighted by Crippen LogP contribution is 2.46. The van der Waals surface area contributed by atoms with Crippen LogP contribution in [0.5, 0.6) is 5.75 Å². The number of benzene rings is 2. The molecule has 34 heavy (non-hydrogen) atoms. The van der Waals surface area contributed by atoms with Crippen molar-refractivity contribution in [2.75, 3.05) is 13.2 Å². The van der Waals surface area contributed by atoms with E-state index in [1.165, 1.54) is 0 Å². The van der Waals surface area contributed by atoms with Crippen LogP contribution in [0.1, 0.15) is 58.1 Å². The molecule has 4 atom stereocenters. The maximum Gasteiger partial charge on any atom is 0.459 e. The van der Waals surface area contributed by atoms with Gasteiger partial charge >= 0.3 is 13.7 Å². The normalized spacial score (nSPS) is 20.6. The predicted molar refractivity (Wildman–Crippen MR) is 132 cm³/mol. The van der Waals surface area contributed by atoms with Crippen molar-refractivity contribution in [3.05, 3.63) is 66.2 Å². The van der Waals surface area contributed by atoms with Crippen LogP contribution in [0.2, 0.25) is 0 Å². The predicted octanol–water partition coefficient (Wildman–Crippen LogP) is 6.07. The maximum absolute atomic E-state index is 13.6. The molecule has 7 nitrogen and oxygen atoms in total. The third kappa shape index (κ3) is 7.95. The maximum atomic E-state index is 13.6. The van der Waals surface area contributed by atoms with Crippen LogP contribution < -0.4 is 9.61 Å². The highest BCUT2D eigenvalue weighted by Gasteiger charge is 2.35. The lowest BCUT2D eigenvalue weighted by molar-refractivity contribution is -0.146. The molecule has 0 bridgehead atoms. The Bertz CT molecular complexity index is 921. The first-order valence-electron chi connectivity index (χ1n) is 12.1. The van der Waals surface area contributed by atoms with Crippen molar-refractivity contribution in [3.8, 4) is 5.75 Å². The van der Waals surface area contributed by atoms with Crippen LogP contribution in [0.15, 0.2) is 60.7 Å². The van der Waals surface area contributed by atoms with Crippen LogP contribution in [-0.4, -0.2) is 31.3 Å².